The summed E-state index contributed by atoms with van der Waals surface area (Å²) < 4.78 is 10.6. The zero-order valence-corrected chi connectivity index (χ0v) is 16.8. The van der Waals surface area contributed by atoms with Crippen molar-refractivity contribution in [1.82, 2.24) is 10.1 Å². The third-order valence-electron chi connectivity index (χ3n) is 4.39. The van der Waals surface area contributed by atoms with Crippen LogP contribution >= 0.6 is 11.3 Å². The third-order valence-corrected chi connectivity index (χ3v) is 5.30. The first-order valence-corrected chi connectivity index (χ1v) is 9.92. The molecule has 6 nitrogen and oxygen atoms in total. The Morgan fingerprint density at radius 3 is 2.59 bits per heavy atom. The van der Waals surface area contributed by atoms with E-state index in [1.54, 1.807) is 7.11 Å². The van der Waals surface area contributed by atoms with E-state index < -0.39 is 0 Å². The average Bonchev–Trinajstić information content (AvgIpc) is 3.38. The maximum absolute atomic E-state index is 12.5. The van der Waals surface area contributed by atoms with E-state index in [0.29, 0.717) is 17.4 Å². The molecule has 0 spiro atoms. The maximum atomic E-state index is 12.5. The Bertz CT molecular complexity index is 1110. The Balaban J connectivity index is 1.48. The molecule has 0 bridgehead atoms. The second kappa shape index (κ2) is 8.28. The maximum Gasteiger partial charge on any atom is 0.270 e. The van der Waals surface area contributed by atoms with Gasteiger partial charge in [0.1, 0.15) is 10.6 Å². The molecular formula is C22H19N3O3S. The highest BCUT2D eigenvalue weighted by atomic mass is 32.1. The molecule has 2 aromatic heterocycles. The van der Waals surface area contributed by atoms with E-state index in [1.165, 1.54) is 11.3 Å². The van der Waals surface area contributed by atoms with Gasteiger partial charge >= 0.3 is 0 Å². The second-order valence-corrected chi connectivity index (χ2v) is 7.44. The van der Waals surface area contributed by atoms with E-state index in [-0.39, 0.29) is 12.3 Å². The molecular weight excluding hydrogens is 386 g/mol. The minimum atomic E-state index is -0.118. The highest BCUT2D eigenvalue weighted by Gasteiger charge is 2.17. The van der Waals surface area contributed by atoms with Gasteiger partial charge in [0.05, 0.1) is 19.2 Å². The summed E-state index contributed by atoms with van der Waals surface area (Å²) in [7, 11) is 1.61. The fraction of sp³-hybridized carbons (Fsp3) is 0.136. The van der Waals surface area contributed by atoms with Crippen LogP contribution in [-0.4, -0.2) is 23.2 Å². The van der Waals surface area contributed by atoms with Gasteiger partial charge in [0.25, 0.3) is 5.89 Å². The fourth-order valence-electron chi connectivity index (χ4n) is 2.83. The van der Waals surface area contributed by atoms with Crippen LogP contribution < -0.4 is 10.1 Å². The van der Waals surface area contributed by atoms with Crippen molar-refractivity contribution in [3.63, 3.8) is 0 Å². The van der Waals surface area contributed by atoms with Crippen LogP contribution in [-0.2, 0) is 11.2 Å². The van der Waals surface area contributed by atoms with Crippen molar-refractivity contribution < 1.29 is 14.1 Å². The van der Waals surface area contributed by atoms with Crippen LogP contribution in [0.4, 0.5) is 5.69 Å². The monoisotopic (exact) mass is 405 g/mol. The van der Waals surface area contributed by atoms with E-state index in [4.69, 9.17) is 9.26 Å². The number of benzene rings is 2. The lowest BCUT2D eigenvalue weighted by molar-refractivity contribution is -0.115. The van der Waals surface area contributed by atoms with Gasteiger partial charge in [0.15, 0.2) is 0 Å². The number of hydrogen-bond donors (Lipinski definition) is 1. The second-order valence-electron chi connectivity index (χ2n) is 6.53. The molecule has 0 radical (unpaired) electrons. The lowest BCUT2D eigenvalue weighted by atomic mass is 10.1. The summed E-state index contributed by atoms with van der Waals surface area (Å²) in [5, 5.41) is 8.89. The predicted octanol–water partition coefficient (Wildman–Crippen LogP) is 4.96. The lowest BCUT2D eigenvalue weighted by Gasteiger charge is -2.06. The summed E-state index contributed by atoms with van der Waals surface area (Å²) in [4.78, 5) is 17.7. The number of methoxy groups -OCH3 is 1. The number of ether oxygens (including phenoxy) is 1. The summed E-state index contributed by atoms with van der Waals surface area (Å²) in [5.74, 6) is 1.54. The SMILES string of the molecule is COc1ccc(CC(=O)Nc2ccsc2-c2nc(-c3ccc(C)cc3)no2)cc1. The van der Waals surface area contributed by atoms with Crippen molar-refractivity contribution in [2.45, 2.75) is 13.3 Å². The first-order valence-electron chi connectivity index (χ1n) is 9.04. The minimum Gasteiger partial charge on any atom is -0.497 e. The third kappa shape index (κ3) is 4.35. The Morgan fingerprint density at radius 2 is 1.86 bits per heavy atom. The molecule has 1 amide bonds. The van der Waals surface area contributed by atoms with Gasteiger partial charge in [-0.1, -0.05) is 47.1 Å². The van der Waals surface area contributed by atoms with Gasteiger partial charge in [-0.15, -0.1) is 11.3 Å². The van der Waals surface area contributed by atoms with Gasteiger partial charge in [-0.05, 0) is 36.1 Å². The highest BCUT2D eigenvalue weighted by Crippen LogP contribution is 2.33. The van der Waals surface area contributed by atoms with Crippen LogP contribution in [0.3, 0.4) is 0 Å². The number of rotatable bonds is 6. The van der Waals surface area contributed by atoms with Crippen LogP contribution in [0.15, 0.2) is 64.5 Å². The molecule has 0 aliphatic carbocycles. The fourth-order valence-corrected chi connectivity index (χ4v) is 3.60. The molecule has 1 N–H and O–H groups in total. The first-order chi connectivity index (χ1) is 14.1. The molecule has 146 valence electrons. The van der Waals surface area contributed by atoms with Crippen molar-refractivity contribution >= 4 is 22.9 Å². The molecule has 2 aromatic carbocycles. The zero-order chi connectivity index (χ0) is 20.2. The number of carbonyl (C=O) groups is 1. The van der Waals surface area contributed by atoms with Crippen molar-refractivity contribution in [3.05, 3.63) is 71.1 Å². The van der Waals surface area contributed by atoms with Crippen LogP contribution in [0, 0.1) is 6.92 Å². The molecule has 4 aromatic rings. The van der Waals surface area contributed by atoms with E-state index in [9.17, 15) is 4.79 Å². The largest absolute Gasteiger partial charge is 0.497 e. The molecule has 2 heterocycles. The molecule has 0 atom stereocenters. The van der Waals surface area contributed by atoms with Gasteiger partial charge in [-0.25, -0.2) is 0 Å². The summed E-state index contributed by atoms with van der Waals surface area (Å²) in [6.07, 6.45) is 0.262. The lowest BCUT2D eigenvalue weighted by Crippen LogP contribution is -2.14. The Hall–Kier alpha value is -3.45. The van der Waals surface area contributed by atoms with Crippen molar-refractivity contribution in [1.29, 1.82) is 0 Å². The van der Waals surface area contributed by atoms with Crippen molar-refractivity contribution in [2.75, 3.05) is 12.4 Å². The molecule has 29 heavy (non-hydrogen) atoms. The number of carbonyl (C=O) groups excluding carboxylic acids is 1. The first kappa shape index (κ1) is 18.9. The summed E-state index contributed by atoms with van der Waals surface area (Å²) in [6, 6.07) is 17.2. The van der Waals surface area contributed by atoms with Gasteiger partial charge in [0.2, 0.25) is 11.7 Å². The molecule has 7 heteroatoms. The minimum absolute atomic E-state index is 0.118. The smallest absolute Gasteiger partial charge is 0.270 e. The topological polar surface area (TPSA) is 77.2 Å². The van der Waals surface area contributed by atoms with Crippen molar-refractivity contribution in [3.8, 4) is 27.9 Å². The number of amides is 1. The van der Waals surface area contributed by atoms with Gasteiger partial charge in [0, 0.05) is 5.56 Å². The standard InChI is InChI=1S/C22H19N3O3S/c1-14-3-7-16(8-4-14)21-24-22(28-25-21)20-18(11-12-29-20)23-19(26)13-15-5-9-17(27-2)10-6-15/h3-12H,13H2,1-2H3,(H,23,26). The average molecular weight is 405 g/mol. The van der Waals surface area contributed by atoms with E-state index in [0.717, 1.165) is 27.3 Å². The zero-order valence-electron chi connectivity index (χ0n) is 16.0. The molecule has 4 rings (SSSR count). The quantitative estimate of drug-likeness (QED) is 0.490. The molecule has 0 aliphatic heterocycles. The molecule has 0 aliphatic rings. The normalized spacial score (nSPS) is 10.7. The number of aryl methyl sites for hydroxylation is 1. The predicted molar refractivity (Wildman–Crippen MR) is 113 cm³/mol. The van der Waals surface area contributed by atoms with E-state index in [2.05, 4.69) is 15.5 Å². The number of thiophene rings is 1. The molecule has 0 fully saturated rings. The van der Waals surface area contributed by atoms with Crippen LogP contribution in [0.5, 0.6) is 5.75 Å². The van der Waals surface area contributed by atoms with Crippen LogP contribution in [0.25, 0.3) is 22.2 Å². The Morgan fingerprint density at radius 1 is 1.10 bits per heavy atom. The highest BCUT2D eigenvalue weighted by molar-refractivity contribution is 7.14. The van der Waals surface area contributed by atoms with Gasteiger partial charge in [-0.3, -0.25) is 4.79 Å². The van der Waals surface area contributed by atoms with Crippen LogP contribution in [0.2, 0.25) is 0 Å². The van der Waals surface area contributed by atoms with Gasteiger partial charge < -0.3 is 14.6 Å². The van der Waals surface area contributed by atoms with Gasteiger partial charge in [-0.2, -0.15) is 4.98 Å². The van der Waals surface area contributed by atoms with Crippen molar-refractivity contribution in [2.24, 2.45) is 0 Å². The molecule has 0 saturated heterocycles. The Kier molecular flexibility index (Phi) is 5.39. The van der Waals surface area contributed by atoms with E-state index in [1.807, 2.05) is 66.9 Å². The summed E-state index contributed by atoms with van der Waals surface area (Å²) >= 11 is 1.44. The summed E-state index contributed by atoms with van der Waals surface area (Å²) in [5.41, 5.74) is 3.61. The van der Waals surface area contributed by atoms with E-state index >= 15 is 0 Å². The number of nitrogens with one attached hydrogen (secondary N) is 1. The summed E-state index contributed by atoms with van der Waals surface area (Å²) in [6.45, 7) is 2.03. The molecule has 0 unspecified atom stereocenters. The molecule has 0 saturated carbocycles. The number of hydrogen-bond acceptors (Lipinski definition) is 6. The Labute approximate surface area is 172 Å². The number of aromatic nitrogens is 2. The number of anilines is 1. The van der Waals surface area contributed by atoms with Crippen LogP contribution in [0.1, 0.15) is 11.1 Å². The number of nitrogens with zero attached hydrogens (tertiary/aromatic N) is 2.